The van der Waals surface area contributed by atoms with Crippen molar-refractivity contribution >= 4 is 17.2 Å². The Morgan fingerprint density at radius 1 is 1.48 bits per heavy atom. The number of rotatable bonds is 3. The topological polar surface area (TPSA) is 72.1 Å². The van der Waals surface area contributed by atoms with Crippen LogP contribution in [0.3, 0.4) is 0 Å². The molecule has 0 spiro atoms. The monoisotopic (exact) mass is 330 g/mol. The minimum atomic E-state index is -0.0326. The number of nitrogens with zero attached hydrogens (tertiary/aromatic N) is 3. The molecule has 23 heavy (non-hydrogen) atoms. The van der Waals surface area contributed by atoms with Gasteiger partial charge in [0, 0.05) is 30.7 Å². The summed E-state index contributed by atoms with van der Waals surface area (Å²) in [7, 11) is 0. The molecule has 1 amide bonds. The Kier molecular flexibility index (Phi) is 4.46. The van der Waals surface area contributed by atoms with E-state index < -0.39 is 0 Å². The Morgan fingerprint density at radius 2 is 2.30 bits per heavy atom. The number of hydrogen-bond donors (Lipinski definition) is 1. The number of likely N-dealkylation sites (tertiary alicyclic amines) is 1. The molecule has 3 heterocycles. The summed E-state index contributed by atoms with van der Waals surface area (Å²) >= 11 is 1.53. The number of hydrogen-bond acceptors (Lipinski definition) is 5. The first-order chi connectivity index (χ1) is 11.0. The van der Waals surface area contributed by atoms with Crippen LogP contribution in [0.2, 0.25) is 0 Å². The predicted molar refractivity (Wildman–Crippen MR) is 92.0 cm³/mol. The van der Waals surface area contributed by atoms with E-state index in [0.29, 0.717) is 13.0 Å². The van der Waals surface area contributed by atoms with Gasteiger partial charge in [0.2, 0.25) is 5.91 Å². The van der Waals surface area contributed by atoms with Crippen molar-refractivity contribution in [1.29, 1.82) is 0 Å². The van der Waals surface area contributed by atoms with Crippen molar-refractivity contribution < 1.29 is 4.79 Å². The third-order valence-electron chi connectivity index (χ3n) is 4.43. The second-order valence-electron chi connectivity index (χ2n) is 6.73. The third-order valence-corrected chi connectivity index (χ3v) is 5.35. The average molecular weight is 330 g/mol. The molecule has 1 saturated heterocycles. The lowest BCUT2D eigenvalue weighted by molar-refractivity contribution is -0.133. The van der Waals surface area contributed by atoms with Crippen molar-refractivity contribution in [3.63, 3.8) is 0 Å². The highest BCUT2D eigenvalue weighted by molar-refractivity contribution is 7.13. The fourth-order valence-corrected chi connectivity index (χ4v) is 3.64. The van der Waals surface area contributed by atoms with E-state index in [1.54, 1.807) is 6.20 Å². The summed E-state index contributed by atoms with van der Waals surface area (Å²) in [6, 6.07) is 5.90. The van der Waals surface area contributed by atoms with Crippen LogP contribution in [-0.4, -0.2) is 39.9 Å². The van der Waals surface area contributed by atoms with Crippen LogP contribution in [0.15, 0.2) is 29.8 Å². The van der Waals surface area contributed by atoms with E-state index in [-0.39, 0.29) is 17.4 Å². The summed E-state index contributed by atoms with van der Waals surface area (Å²) in [4.78, 5) is 23.3. The molecule has 1 aliphatic heterocycles. The Labute approximate surface area is 140 Å². The molecule has 0 bridgehead atoms. The molecule has 0 saturated carbocycles. The van der Waals surface area contributed by atoms with Gasteiger partial charge in [-0.25, -0.2) is 4.98 Å². The van der Waals surface area contributed by atoms with Crippen LogP contribution < -0.4 is 5.73 Å². The first kappa shape index (κ1) is 16.1. The van der Waals surface area contributed by atoms with Crippen LogP contribution in [0, 0.1) is 5.41 Å². The molecular formula is C17H22N4OS. The standard InChI is InChI=1S/C17H22N4OS/c1-17(2)11-21(8-6-14(17)18)15(22)9-12-10-23-16(20-12)13-5-3-4-7-19-13/h3-5,7,10,14H,6,8-9,11,18H2,1-2H3. The van der Waals surface area contributed by atoms with Crippen LogP contribution in [-0.2, 0) is 11.2 Å². The molecule has 1 fully saturated rings. The Morgan fingerprint density at radius 3 is 3.00 bits per heavy atom. The van der Waals surface area contributed by atoms with E-state index in [1.165, 1.54) is 11.3 Å². The van der Waals surface area contributed by atoms with Gasteiger partial charge in [-0.15, -0.1) is 11.3 Å². The van der Waals surface area contributed by atoms with Gasteiger partial charge in [0.1, 0.15) is 5.01 Å². The molecule has 1 aliphatic rings. The quantitative estimate of drug-likeness (QED) is 0.937. The van der Waals surface area contributed by atoms with Gasteiger partial charge in [0.25, 0.3) is 0 Å². The van der Waals surface area contributed by atoms with Crippen LogP contribution in [0.4, 0.5) is 0 Å². The highest BCUT2D eigenvalue weighted by Crippen LogP contribution is 2.28. The van der Waals surface area contributed by atoms with Gasteiger partial charge in [-0.1, -0.05) is 19.9 Å². The maximum absolute atomic E-state index is 12.5. The SMILES string of the molecule is CC1(C)CN(C(=O)Cc2csc(-c3ccccn3)n2)CCC1N. The second-order valence-corrected chi connectivity index (χ2v) is 7.59. The van der Waals surface area contributed by atoms with E-state index in [1.807, 2.05) is 28.5 Å². The average Bonchev–Trinajstić information content (AvgIpc) is 2.99. The molecule has 0 aliphatic carbocycles. The van der Waals surface area contributed by atoms with E-state index in [9.17, 15) is 4.79 Å². The Hall–Kier alpha value is -1.79. The van der Waals surface area contributed by atoms with E-state index >= 15 is 0 Å². The van der Waals surface area contributed by atoms with Gasteiger partial charge in [-0.3, -0.25) is 9.78 Å². The summed E-state index contributed by atoms with van der Waals surface area (Å²) in [5.41, 5.74) is 7.77. The molecule has 3 rings (SSSR count). The largest absolute Gasteiger partial charge is 0.342 e. The number of aromatic nitrogens is 2. The van der Waals surface area contributed by atoms with Gasteiger partial charge in [-0.05, 0) is 24.0 Å². The Bertz CT molecular complexity index is 683. The molecule has 0 radical (unpaired) electrons. The molecule has 2 N–H and O–H groups in total. The van der Waals surface area contributed by atoms with Crippen LogP contribution in [0.1, 0.15) is 26.0 Å². The number of carbonyl (C=O) groups excluding carboxylic acids is 1. The normalized spacial score (nSPS) is 20.5. The van der Waals surface area contributed by atoms with Gasteiger partial charge in [-0.2, -0.15) is 0 Å². The maximum atomic E-state index is 12.5. The fraction of sp³-hybridized carbons (Fsp3) is 0.471. The number of thiazole rings is 1. The zero-order chi connectivity index (χ0) is 16.4. The molecule has 2 aromatic rings. The van der Waals surface area contributed by atoms with Crippen molar-refractivity contribution in [3.8, 4) is 10.7 Å². The molecule has 1 unspecified atom stereocenters. The molecule has 2 aromatic heterocycles. The lowest BCUT2D eigenvalue weighted by atomic mass is 9.79. The summed E-state index contributed by atoms with van der Waals surface area (Å²) in [6.07, 6.45) is 2.95. The van der Waals surface area contributed by atoms with Gasteiger partial charge >= 0.3 is 0 Å². The number of nitrogens with two attached hydrogens (primary N) is 1. The highest BCUT2D eigenvalue weighted by atomic mass is 32.1. The lowest BCUT2D eigenvalue weighted by Crippen LogP contribution is -2.54. The lowest BCUT2D eigenvalue weighted by Gasteiger charge is -2.42. The minimum Gasteiger partial charge on any atom is -0.342 e. The molecule has 6 heteroatoms. The van der Waals surface area contributed by atoms with Crippen LogP contribution in [0.25, 0.3) is 10.7 Å². The van der Waals surface area contributed by atoms with Crippen LogP contribution >= 0.6 is 11.3 Å². The number of piperidine rings is 1. The number of pyridine rings is 1. The van der Waals surface area contributed by atoms with Crippen molar-refractivity contribution in [2.45, 2.75) is 32.7 Å². The smallest absolute Gasteiger partial charge is 0.228 e. The molecule has 0 aromatic carbocycles. The van der Waals surface area contributed by atoms with Gasteiger partial charge in [0.15, 0.2) is 0 Å². The molecule has 122 valence electrons. The van der Waals surface area contributed by atoms with Crippen LogP contribution in [0.5, 0.6) is 0 Å². The highest BCUT2D eigenvalue weighted by Gasteiger charge is 2.35. The first-order valence-electron chi connectivity index (χ1n) is 7.85. The van der Waals surface area contributed by atoms with E-state index in [4.69, 9.17) is 5.73 Å². The van der Waals surface area contributed by atoms with Crippen molar-refractivity contribution in [1.82, 2.24) is 14.9 Å². The third kappa shape index (κ3) is 3.59. The van der Waals surface area contributed by atoms with Gasteiger partial charge in [0.05, 0.1) is 17.8 Å². The second kappa shape index (κ2) is 6.37. The Balaban J connectivity index is 1.66. The minimum absolute atomic E-state index is 0.0326. The summed E-state index contributed by atoms with van der Waals surface area (Å²) in [5, 5.41) is 2.80. The summed E-state index contributed by atoms with van der Waals surface area (Å²) < 4.78 is 0. The van der Waals surface area contributed by atoms with Crippen molar-refractivity contribution in [2.24, 2.45) is 11.1 Å². The van der Waals surface area contributed by atoms with Crippen molar-refractivity contribution in [3.05, 3.63) is 35.5 Å². The maximum Gasteiger partial charge on any atom is 0.228 e. The molecule has 5 nitrogen and oxygen atoms in total. The first-order valence-corrected chi connectivity index (χ1v) is 8.73. The number of carbonyl (C=O) groups is 1. The number of amides is 1. The predicted octanol–water partition coefficient (Wildman–Crippen LogP) is 2.33. The van der Waals surface area contributed by atoms with Gasteiger partial charge < -0.3 is 10.6 Å². The van der Waals surface area contributed by atoms with Crippen molar-refractivity contribution in [2.75, 3.05) is 13.1 Å². The zero-order valence-electron chi connectivity index (χ0n) is 13.5. The van der Waals surface area contributed by atoms with E-state index in [0.717, 1.165) is 29.4 Å². The molecular weight excluding hydrogens is 308 g/mol. The summed E-state index contributed by atoms with van der Waals surface area (Å²) in [6.45, 7) is 5.70. The molecule has 1 atom stereocenters. The zero-order valence-corrected chi connectivity index (χ0v) is 14.3. The fourth-order valence-electron chi connectivity index (χ4n) is 2.85. The summed E-state index contributed by atoms with van der Waals surface area (Å²) in [5.74, 6) is 0.128. The van der Waals surface area contributed by atoms with E-state index in [2.05, 4.69) is 23.8 Å².